The zero-order valence-electron chi connectivity index (χ0n) is 18.6. The number of benzene rings is 2. The summed E-state index contributed by atoms with van der Waals surface area (Å²) in [7, 11) is 3.21. The second-order valence-corrected chi connectivity index (χ2v) is 7.54. The smallest absolute Gasteiger partial charge is 0.236 e. The fraction of sp³-hybridized carbons (Fsp3) is 0.292. The molecule has 0 aliphatic carbocycles. The number of hydrogen-bond acceptors (Lipinski definition) is 6. The van der Waals surface area contributed by atoms with E-state index in [1.54, 1.807) is 44.6 Å². The molecule has 1 heterocycles. The molecule has 2 N–H and O–H groups in total. The highest BCUT2D eigenvalue weighted by molar-refractivity contribution is 6.04. The average Bonchev–Trinajstić information content (AvgIpc) is 2.77. The summed E-state index contributed by atoms with van der Waals surface area (Å²) in [6.45, 7) is 4.18. The van der Waals surface area contributed by atoms with Gasteiger partial charge in [0, 0.05) is 24.3 Å². The highest BCUT2D eigenvalue weighted by Gasteiger charge is 2.15. The Balaban J connectivity index is 1.79. The number of pyridine rings is 1. The van der Waals surface area contributed by atoms with E-state index in [9.17, 15) is 9.59 Å². The largest absolute Gasteiger partial charge is 0.497 e. The fourth-order valence-corrected chi connectivity index (χ4v) is 3.13. The number of fused-ring (bicyclic) bond motifs is 1. The van der Waals surface area contributed by atoms with E-state index in [0.29, 0.717) is 17.2 Å². The molecule has 0 saturated heterocycles. The molecular weight excluding hydrogens is 410 g/mol. The highest BCUT2D eigenvalue weighted by Crippen LogP contribution is 2.33. The van der Waals surface area contributed by atoms with Gasteiger partial charge in [-0.1, -0.05) is 0 Å². The first-order valence-corrected chi connectivity index (χ1v) is 10.2. The molecule has 8 heteroatoms. The normalized spacial score (nSPS) is 10.8. The number of nitrogens with two attached hydrogens (primary N) is 1. The molecule has 0 radical (unpaired) electrons. The van der Waals surface area contributed by atoms with Gasteiger partial charge in [-0.15, -0.1) is 0 Å². The molecular formula is C24H27N3O5. The van der Waals surface area contributed by atoms with Crippen molar-refractivity contribution in [2.45, 2.75) is 33.0 Å². The monoisotopic (exact) mass is 437 g/mol. The topological polar surface area (TPSA) is 104 Å². The number of hydrogen-bond donors (Lipinski definition) is 1. The lowest BCUT2D eigenvalue weighted by molar-refractivity contribution is -0.125. The summed E-state index contributed by atoms with van der Waals surface area (Å²) in [5, 5.41) is 0.851. The van der Waals surface area contributed by atoms with Crippen LogP contribution in [0.5, 0.6) is 17.2 Å². The summed E-state index contributed by atoms with van der Waals surface area (Å²) >= 11 is 0. The van der Waals surface area contributed by atoms with Crippen LogP contribution in [0.4, 0.5) is 5.69 Å². The van der Waals surface area contributed by atoms with Gasteiger partial charge < -0.3 is 24.8 Å². The van der Waals surface area contributed by atoms with Crippen molar-refractivity contribution in [1.82, 2.24) is 4.98 Å². The maximum Gasteiger partial charge on any atom is 0.236 e. The molecule has 2 aromatic carbocycles. The molecule has 3 aromatic rings. The van der Waals surface area contributed by atoms with E-state index in [2.05, 4.69) is 4.98 Å². The minimum Gasteiger partial charge on any atom is -0.497 e. The minimum atomic E-state index is -0.664. The molecule has 0 fully saturated rings. The van der Waals surface area contributed by atoms with Gasteiger partial charge in [0.05, 0.1) is 24.3 Å². The summed E-state index contributed by atoms with van der Waals surface area (Å²) < 4.78 is 17.4. The van der Waals surface area contributed by atoms with Crippen LogP contribution in [0.25, 0.3) is 10.9 Å². The van der Waals surface area contributed by atoms with Gasteiger partial charge >= 0.3 is 0 Å². The van der Waals surface area contributed by atoms with Gasteiger partial charge in [0.2, 0.25) is 11.8 Å². The molecule has 0 aliphatic heterocycles. The van der Waals surface area contributed by atoms with Crippen molar-refractivity contribution in [3.8, 4) is 17.2 Å². The van der Waals surface area contributed by atoms with E-state index in [1.807, 2.05) is 32.0 Å². The first-order valence-electron chi connectivity index (χ1n) is 10.2. The Hall–Kier alpha value is -3.81. The number of carbonyl (C=O) groups excluding carboxylic acids is 2. The summed E-state index contributed by atoms with van der Waals surface area (Å²) in [6.07, 6.45) is 1.38. The number of aromatic nitrogens is 1. The Kier molecular flexibility index (Phi) is 7.14. The SMILES string of the molecule is COc1ccc2ncc(COc3ccc(N(C)C(=O)CC(N)=O)cc3)c(OC(C)C)c2c1. The third-order valence-corrected chi connectivity index (χ3v) is 4.77. The van der Waals surface area contributed by atoms with E-state index in [4.69, 9.17) is 19.9 Å². The van der Waals surface area contributed by atoms with Crippen LogP contribution >= 0.6 is 0 Å². The Morgan fingerprint density at radius 2 is 1.78 bits per heavy atom. The number of ether oxygens (including phenoxy) is 3. The van der Waals surface area contributed by atoms with Crippen LogP contribution < -0.4 is 24.8 Å². The Morgan fingerprint density at radius 3 is 2.41 bits per heavy atom. The van der Waals surface area contributed by atoms with Crippen LogP contribution in [-0.4, -0.2) is 37.1 Å². The molecule has 0 unspecified atom stereocenters. The number of anilines is 1. The molecule has 32 heavy (non-hydrogen) atoms. The number of amides is 2. The van der Waals surface area contributed by atoms with Crippen LogP contribution in [0.3, 0.4) is 0 Å². The molecule has 3 rings (SSSR count). The van der Waals surface area contributed by atoms with E-state index < -0.39 is 5.91 Å². The van der Waals surface area contributed by atoms with Crippen LogP contribution in [-0.2, 0) is 16.2 Å². The first kappa shape index (κ1) is 22.9. The van der Waals surface area contributed by atoms with Crippen molar-refractivity contribution < 1.29 is 23.8 Å². The molecule has 0 aliphatic rings. The maximum atomic E-state index is 12.0. The molecule has 0 saturated carbocycles. The number of rotatable bonds is 9. The average molecular weight is 437 g/mol. The van der Waals surface area contributed by atoms with E-state index in [-0.39, 0.29) is 25.0 Å². The molecule has 0 spiro atoms. The molecule has 0 bridgehead atoms. The number of carbonyl (C=O) groups is 2. The lowest BCUT2D eigenvalue weighted by atomic mass is 10.1. The minimum absolute atomic E-state index is 0.0293. The Bertz CT molecular complexity index is 1110. The molecule has 168 valence electrons. The lowest BCUT2D eigenvalue weighted by Crippen LogP contribution is -2.30. The van der Waals surface area contributed by atoms with Gasteiger partial charge in [-0.2, -0.15) is 0 Å². The van der Waals surface area contributed by atoms with Gasteiger partial charge in [-0.25, -0.2) is 0 Å². The number of primary amides is 1. The van der Waals surface area contributed by atoms with Gasteiger partial charge in [-0.05, 0) is 56.3 Å². The van der Waals surface area contributed by atoms with Gasteiger partial charge in [-0.3, -0.25) is 14.6 Å². The van der Waals surface area contributed by atoms with Gasteiger partial charge in [0.25, 0.3) is 0 Å². The predicted molar refractivity (Wildman–Crippen MR) is 122 cm³/mol. The summed E-state index contributed by atoms with van der Waals surface area (Å²) in [5.74, 6) is 1.00. The molecule has 1 aromatic heterocycles. The molecule has 0 atom stereocenters. The fourth-order valence-electron chi connectivity index (χ4n) is 3.13. The van der Waals surface area contributed by atoms with Crippen molar-refractivity contribution in [3.05, 3.63) is 54.2 Å². The summed E-state index contributed by atoms with van der Waals surface area (Å²) in [4.78, 5) is 28.9. The number of nitrogens with zero attached hydrogens (tertiary/aromatic N) is 2. The van der Waals surface area contributed by atoms with Crippen LogP contribution in [0, 0.1) is 0 Å². The standard InChI is InChI=1S/C24H27N3O5/c1-15(2)32-24-16(13-26-21-10-9-19(30-4)11-20(21)24)14-31-18-7-5-17(6-8-18)27(3)23(29)12-22(25)28/h5-11,13,15H,12,14H2,1-4H3,(H2,25,28). The molecule has 8 nitrogen and oxygen atoms in total. The predicted octanol–water partition coefficient (Wildman–Crippen LogP) is 3.45. The Morgan fingerprint density at radius 1 is 1.09 bits per heavy atom. The zero-order chi connectivity index (χ0) is 23.3. The zero-order valence-corrected chi connectivity index (χ0v) is 18.6. The third-order valence-electron chi connectivity index (χ3n) is 4.77. The van der Waals surface area contributed by atoms with Crippen LogP contribution in [0.1, 0.15) is 25.8 Å². The Labute approximate surface area is 186 Å². The highest BCUT2D eigenvalue weighted by atomic mass is 16.5. The van der Waals surface area contributed by atoms with E-state index in [0.717, 1.165) is 22.2 Å². The van der Waals surface area contributed by atoms with Crippen LogP contribution in [0.15, 0.2) is 48.7 Å². The van der Waals surface area contributed by atoms with E-state index >= 15 is 0 Å². The number of methoxy groups -OCH3 is 1. The third kappa shape index (κ3) is 5.46. The van der Waals surface area contributed by atoms with Gasteiger partial charge in [0.1, 0.15) is 30.3 Å². The van der Waals surface area contributed by atoms with Gasteiger partial charge in [0.15, 0.2) is 0 Å². The van der Waals surface area contributed by atoms with E-state index in [1.165, 1.54) is 4.90 Å². The summed E-state index contributed by atoms with van der Waals surface area (Å²) in [6, 6.07) is 12.6. The summed E-state index contributed by atoms with van der Waals surface area (Å²) in [5.41, 5.74) is 7.33. The van der Waals surface area contributed by atoms with Crippen molar-refractivity contribution in [2.24, 2.45) is 5.73 Å². The van der Waals surface area contributed by atoms with Crippen molar-refractivity contribution >= 4 is 28.4 Å². The first-order chi connectivity index (χ1) is 15.3. The maximum absolute atomic E-state index is 12.0. The second kappa shape index (κ2) is 10.00. The van der Waals surface area contributed by atoms with Crippen molar-refractivity contribution in [2.75, 3.05) is 19.1 Å². The quantitative estimate of drug-likeness (QED) is 0.514. The second-order valence-electron chi connectivity index (χ2n) is 7.54. The van der Waals surface area contributed by atoms with Crippen molar-refractivity contribution in [1.29, 1.82) is 0 Å². The lowest BCUT2D eigenvalue weighted by Gasteiger charge is -2.18. The van der Waals surface area contributed by atoms with Crippen molar-refractivity contribution in [3.63, 3.8) is 0 Å². The molecule has 2 amide bonds. The van der Waals surface area contributed by atoms with Crippen LogP contribution in [0.2, 0.25) is 0 Å².